The van der Waals surface area contributed by atoms with Crippen molar-refractivity contribution in [2.75, 3.05) is 27.2 Å². The molecule has 6 heteroatoms. The molecule has 1 atom stereocenters. The normalized spacial score (nSPS) is 12.3. The first-order chi connectivity index (χ1) is 10.8. The highest BCUT2D eigenvalue weighted by Crippen LogP contribution is 2.23. The number of aliphatic carboxylic acids is 1. The first-order valence-electron chi connectivity index (χ1n) is 7.67. The van der Waals surface area contributed by atoms with Gasteiger partial charge in [0.05, 0.1) is 26.1 Å². The fraction of sp³-hybridized carbons (Fsp3) is 0.529. The maximum absolute atomic E-state index is 12.2. The molecule has 0 radical (unpaired) electrons. The van der Waals surface area contributed by atoms with Gasteiger partial charge in [-0.05, 0) is 30.7 Å². The molecule has 0 aliphatic carbocycles. The molecule has 0 heterocycles. The Morgan fingerprint density at radius 1 is 1.26 bits per heavy atom. The number of hydrogen-bond donors (Lipinski definition) is 2. The van der Waals surface area contributed by atoms with Gasteiger partial charge in [0.2, 0.25) is 5.91 Å². The van der Waals surface area contributed by atoms with Gasteiger partial charge in [0, 0.05) is 6.54 Å². The molecule has 0 bridgehead atoms. The van der Waals surface area contributed by atoms with E-state index in [9.17, 15) is 9.59 Å². The minimum atomic E-state index is -0.865. The van der Waals surface area contributed by atoms with Crippen LogP contribution < -0.4 is 10.1 Å². The molecule has 0 fully saturated rings. The number of nitrogens with one attached hydrogen (secondary N) is 1. The molecular formula is C17H26N2O4. The van der Waals surface area contributed by atoms with E-state index in [1.54, 1.807) is 19.1 Å². The lowest BCUT2D eigenvalue weighted by Gasteiger charge is -2.24. The number of carboxylic acid groups (broad SMARTS) is 1. The van der Waals surface area contributed by atoms with Crippen molar-refractivity contribution in [2.24, 2.45) is 5.92 Å². The van der Waals surface area contributed by atoms with Crippen LogP contribution in [-0.2, 0) is 9.59 Å². The summed E-state index contributed by atoms with van der Waals surface area (Å²) in [5, 5.41) is 11.7. The van der Waals surface area contributed by atoms with E-state index in [0.717, 1.165) is 11.3 Å². The predicted molar refractivity (Wildman–Crippen MR) is 88.5 cm³/mol. The minimum Gasteiger partial charge on any atom is -0.497 e. The number of amides is 1. The van der Waals surface area contributed by atoms with Crippen molar-refractivity contribution in [1.29, 1.82) is 0 Å². The van der Waals surface area contributed by atoms with Crippen LogP contribution in [0.3, 0.4) is 0 Å². The lowest BCUT2D eigenvalue weighted by Crippen LogP contribution is -2.39. The second kappa shape index (κ2) is 9.15. The molecule has 1 aromatic carbocycles. The molecule has 0 saturated carbocycles. The third-order valence-electron chi connectivity index (χ3n) is 3.58. The molecule has 23 heavy (non-hydrogen) atoms. The second-order valence-corrected chi connectivity index (χ2v) is 5.94. The molecule has 6 nitrogen and oxygen atoms in total. The first-order valence-corrected chi connectivity index (χ1v) is 7.67. The van der Waals surface area contributed by atoms with Gasteiger partial charge in [0.25, 0.3) is 0 Å². The number of carboxylic acids is 1. The van der Waals surface area contributed by atoms with Gasteiger partial charge in [-0.2, -0.15) is 0 Å². The Morgan fingerprint density at radius 3 is 2.35 bits per heavy atom. The average molecular weight is 322 g/mol. The number of ether oxygens (including phenoxy) is 1. The summed E-state index contributed by atoms with van der Waals surface area (Å²) in [7, 11) is 3.35. The van der Waals surface area contributed by atoms with Crippen molar-refractivity contribution >= 4 is 11.9 Å². The number of nitrogens with zero attached hydrogens (tertiary/aromatic N) is 1. The third-order valence-corrected chi connectivity index (χ3v) is 3.58. The van der Waals surface area contributed by atoms with Crippen molar-refractivity contribution in [1.82, 2.24) is 10.2 Å². The Morgan fingerprint density at radius 2 is 1.87 bits per heavy atom. The molecule has 0 aliphatic heterocycles. The number of hydrogen-bond acceptors (Lipinski definition) is 4. The molecule has 1 aromatic rings. The van der Waals surface area contributed by atoms with Crippen LogP contribution >= 0.6 is 0 Å². The Hall–Kier alpha value is -2.08. The van der Waals surface area contributed by atoms with Crippen LogP contribution in [0.5, 0.6) is 5.75 Å². The lowest BCUT2D eigenvalue weighted by atomic mass is 9.96. The fourth-order valence-electron chi connectivity index (χ4n) is 2.28. The van der Waals surface area contributed by atoms with Crippen LogP contribution in [0.1, 0.15) is 31.9 Å². The molecular weight excluding hydrogens is 296 g/mol. The standard InChI is InChI=1S/C17H26N2O4/c1-12(2)17(13-5-7-14(23-4)8-6-13)18-15(20)11-19(3)10-9-16(21)22/h5-8,12,17H,9-11H2,1-4H3,(H,18,20)(H,21,22). The van der Waals surface area contributed by atoms with Crippen LogP contribution in [-0.4, -0.2) is 49.1 Å². The highest BCUT2D eigenvalue weighted by atomic mass is 16.5. The van der Waals surface area contributed by atoms with Crippen molar-refractivity contribution in [3.63, 3.8) is 0 Å². The van der Waals surface area contributed by atoms with Crippen LogP contribution in [0.15, 0.2) is 24.3 Å². The molecule has 128 valence electrons. The number of methoxy groups -OCH3 is 1. The molecule has 0 aromatic heterocycles. The van der Waals surface area contributed by atoms with Gasteiger partial charge in [-0.3, -0.25) is 14.5 Å². The fourth-order valence-corrected chi connectivity index (χ4v) is 2.28. The van der Waals surface area contributed by atoms with Crippen LogP contribution in [0.25, 0.3) is 0 Å². The molecule has 1 rings (SSSR count). The van der Waals surface area contributed by atoms with Gasteiger partial charge < -0.3 is 15.2 Å². The van der Waals surface area contributed by atoms with Crippen LogP contribution in [0.4, 0.5) is 0 Å². The maximum atomic E-state index is 12.2. The van der Waals surface area contributed by atoms with Crippen molar-refractivity contribution in [2.45, 2.75) is 26.3 Å². The quantitative estimate of drug-likeness (QED) is 0.726. The van der Waals surface area contributed by atoms with Crippen LogP contribution in [0, 0.1) is 5.92 Å². The number of carbonyl (C=O) groups excluding carboxylic acids is 1. The monoisotopic (exact) mass is 322 g/mol. The van der Waals surface area contributed by atoms with Gasteiger partial charge in [0.15, 0.2) is 0 Å². The minimum absolute atomic E-state index is 0.0237. The number of rotatable bonds is 9. The van der Waals surface area contributed by atoms with Gasteiger partial charge in [0.1, 0.15) is 5.75 Å². The zero-order valence-corrected chi connectivity index (χ0v) is 14.2. The molecule has 2 N–H and O–H groups in total. The number of likely N-dealkylation sites (N-methyl/N-ethyl adjacent to an activating group) is 1. The summed E-state index contributed by atoms with van der Waals surface area (Å²) < 4.78 is 5.15. The smallest absolute Gasteiger partial charge is 0.304 e. The molecule has 0 spiro atoms. The zero-order chi connectivity index (χ0) is 17.4. The topological polar surface area (TPSA) is 78.9 Å². The maximum Gasteiger partial charge on any atom is 0.304 e. The Labute approximate surface area is 137 Å². The van der Waals surface area contributed by atoms with Crippen LogP contribution in [0.2, 0.25) is 0 Å². The van der Waals surface area contributed by atoms with E-state index in [4.69, 9.17) is 9.84 Å². The second-order valence-electron chi connectivity index (χ2n) is 5.94. The molecule has 0 aliphatic rings. The number of benzene rings is 1. The van der Waals surface area contributed by atoms with E-state index < -0.39 is 5.97 Å². The summed E-state index contributed by atoms with van der Waals surface area (Å²) in [6.45, 7) is 4.61. The highest BCUT2D eigenvalue weighted by molar-refractivity contribution is 5.78. The summed E-state index contributed by atoms with van der Waals surface area (Å²) in [5.74, 6) is 0.0237. The Bertz CT molecular complexity index is 514. The number of carbonyl (C=O) groups is 2. The summed E-state index contributed by atoms with van der Waals surface area (Å²) in [4.78, 5) is 24.4. The van der Waals surface area contributed by atoms with Crippen molar-refractivity contribution in [3.05, 3.63) is 29.8 Å². The van der Waals surface area contributed by atoms with E-state index in [1.807, 2.05) is 38.1 Å². The van der Waals surface area contributed by atoms with E-state index in [-0.39, 0.29) is 30.8 Å². The largest absolute Gasteiger partial charge is 0.497 e. The first kappa shape index (κ1) is 19.0. The average Bonchev–Trinajstić information content (AvgIpc) is 2.50. The van der Waals surface area contributed by atoms with Gasteiger partial charge >= 0.3 is 5.97 Å². The Kier molecular flexibility index (Phi) is 7.54. The van der Waals surface area contributed by atoms with Gasteiger partial charge in [-0.1, -0.05) is 26.0 Å². The van der Waals surface area contributed by atoms with E-state index in [2.05, 4.69) is 5.32 Å². The van der Waals surface area contributed by atoms with Gasteiger partial charge in [-0.25, -0.2) is 0 Å². The summed E-state index contributed by atoms with van der Waals surface area (Å²) in [5.41, 5.74) is 1.02. The van der Waals surface area contributed by atoms with E-state index in [1.165, 1.54) is 0 Å². The lowest BCUT2D eigenvalue weighted by molar-refractivity contribution is -0.137. The summed E-state index contributed by atoms with van der Waals surface area (Å²) in [6, 6.07) is 7.53. The summed E-state index contributed by atoms with van der Waals surface area (Å²) >= 11 is 0. The van der Waals surface area contributed by atoms with Crippen molar-refractivity contribution < 1.29 is 19.4 Å². The van der Waals surface area contributed by atoms with Crippen molar-refractivity contribution in [3.8, 4) is 5.75 Å². The SMILES string of the molecule is COc1ccc(C(NC(=O)CN(C)CCC(=O)O)C(C)C)cc1. The molecule has 1 unspecified atom stereocenters. The Balaban J connectivity index is 2.64. The summed E-state index contributed by atoms with van der Waals surface area (Å²) in [6.07, 6.45) is 0.0237. The molecule has 0 saturated heterocycles. The van der Waals surface area contributed by atoms with Gasteiger partial charge in [-0.15, -0.1) is 0 Å². The van der Waals surface area contributed by atoms with E-state index >= 15 is 0 Å². The third kappa shape index (κ3) is 6.69. The zero-order valence-electron chi connectivity index (χ0n) is 14.2. The molecule has 1 amide bonds. The van der Waals surface area contributed by atoms with E-state index in [0.29, 0.717) is 6.54 Å². The highest BCUT2D eigenvalue weighted by Gasteiger charge is 2.19. The predicted octanol–water partition coefficient (Wildman–Crippen LogP) is 1.91.